The average molecular weight is 239 g/mol. The predicted octanol–water partition coefficient (Wildman–Crippen LogP) is 4.14. The molecular weight excluding hydrogens is 228 g/mol. The van der Waals surface area contributed by atoms with Gasteiger partial charge in [0.25, 0.3) is 0 Å². The summed E-state index contributed by atoms with van der Waals surface area (Å²) < 4.78 is 1.95. The molecule has 1 aromatic carbocycles. The first-order chi connectivity index (χ1) is 7.25. The maximum Gasteiger partial charge on any atom is 0.124 e. The molecule has 0 spiro atoms. The quantitative estimate of drug-likeness (QED) is 0.732. The summed E-state index contributed by atoms with van der Waals surface area (Å²) in [5, 5.41) is 10.8. The highest BCUT2D eigenvalue weighted by atomic mass is 35.5. The molecule has 0 amide bonds. The van der Waals surface area contributed by atoms with E-state index in [1.54, 1.807) is 11.3 Å². The maximum atomic E-state index is 9.89. The average Bonchev–Trinajstić information content (AvgIpc) is 2.61. The first-order valence-corrected chi connectivity index (χ1v) is 6.38. The highest BCUT2D eigenvalue weighted by Crippen LogP contribution is 2.41. The van der Waals surface area contributed by atoms with Crippen LogP contribution in [0.15, 0.2) is 12.1 Å². The molecule has 1 nitrogen and oxygen atoms in total. The predicted molar refractivity (Wildman–Crippen MR) is 65.1 cm³/mol. The van der Waals surface area contributed by atoms with Crippen LogP contribution in [0.5, 0.6) is 5.75 Å². The number of hydrogen-bond acceptors (Lipinski definition) is 2. The fraction of sp³-hybridized carbons (Fsp3) is 0.333. The van der Waals surface area contributed by atoms with Crippen molar-refractivity contribution in [3.63, 3.8) is 0 Å². The topological polar surface area (TPSA) is 20.2 Å². The number of benzene rings is 1. The number of aryl methyl sites for hydroxylation is 2. The van der Waals surface area contributed by atoms with E-state index >= 15 is 0 Å². The van der Waals surface area contributed by atoms with Crippen LogP contribution in [0.4, 0.5) is 0 Å². The zero-order valence-electron chi connectivity index (χ0n) is 8.22. The van der Waals surface area contributed by atoms with Crippen LogP contribution < -0.4 is 0 Å². The molecule has 2 aromatic rings. The summed E-state index contributed by atoms with van der Waals surface area (Å²) in [5.41, 5.74) is 2.72. The molecule has 3 heteroatoms. The molecule has 1 aromatic heterocycles. The number of phenolic OH excluding ortho intramolecular Hbond substituents is 1. The smallest absolute Gasteiger partial charge is 0.124 e. The number of halogens is 1. The molecule has 78 valence electrons. The van der Waals surface area contributed by atoms with E-state index < -0.39 is 0 Å². The van der Waals surface area contributed by atoms with Gasteiger partial charge in [0, 0.05) is 10.1 Å². The summed E-state index contributed by atoms with van der Waals surface area (Å²) in [6, 6.07) is 3.78. The van der Waals surface area contributed by atoms with Crippen molar-refractivity contribution >= 4 is 33.0 Å². The number of aromatic hydroxyl groups is 1. The standard InChI is InChI=1S/C12H11ClOS/c13-11-6-9-10(14)5-7-3-1-2-4-8(7)12(9)15-11/h5-6,14H,1-4H2. The van der Waals surface area contributed by atoms with Crippen molar-refractivity contribution in [2.75, 3.05) is 0 Å². The fourth-order valence-corrected chi connectivity index (χ4v) is 3.71. The van der Waals surface area contributed by atoms with E-state index in [-0.39, 0.29) is 0 Å². The van der Waals surface area contributed by atoms with Gasteiger partial charge >= 0.3 is 0 Å². The van der Waals surface area contributed by atoms with Gasteiger partial charge in [-0.05, 0) is 48.9 Å². The molecule has 0 bridgehead atoms. The first kappa shape index (κ1) is 9.49. The van der Waals surface area contributed by atoms with Gasteiger partial charge in [-0.15, -0.1) is 11.3 Å². The van der Waals surface area contributed by atoms with Gasteiger partial charge in [-0.2, -0.15) is 0 Å². The van der Waals surface area contributed by atoms with Crippen LogP contribution in [0.3, 0.4) is 0 Å². The van der Waals surface area contributed by atoms with E-state index in [0.717, 1.165) is 22.6 Å². The summed E-state index contributed by atoms with van der Waals surface area (Å²) in [7, 11) is 0. The van der Waals surface area contributed by atoms with E-state index in [1.807, 2.05) is 12.1 Å². The lowest BCUT2D eigenvalue weighted by Crippen LogP contribution is -2.02. The number of rotatable bonds is 0. The van der Waals surface area contributed by atoms with Crippen LogP contribution >= 0.6 is 22.9 Å². The maximum absolute atomic E-state index is 9.89. The lowest BCUT2D eigenvalue weighted by molar-refractivity contribution is 0.480. The van der Waals surface area contributed by atoms with Crippen molar-refractivity contribution in [3.05, 3.63) is 27.6 Å². The van der Waals surface area contributed by atoms with Crippen molar-refractivity contribution in [3.8, 4) is 5.75 Å². The zero-order valence-corrected chi connectivity index (χ0v) is 9.79. The molecule has 0 atom stereocenters. The SMILES string of the molecule is Oc1cc2c(c3sc(Cl)cc13)CCCC2. The Labute approximate surface area is 97.3 Å². The number of phenols is 1. The molecule has 0 aliphatic heterocycles. The molecule has 3 rings (SSSR count). The molecule has 0 fully saturated rings. The molecule has 1 heterocycles. The van der Waals surface area contributed by atoms with Crippen LogP contribution in [0.1, 0.15) is 24.0 Å². The molecular formula is C12H11ClOS. The van der Waals surface area contributed by atoms with E-state index in [0.29, 0.717) is 5.75 Å². The highest BCUT2D eigenvalue weighted by molar-refractivity contribution is 7.22. The van der Waals surface area contributed by atoms with E-state index in [4.69, 9.17) is 11.6 Å². The van der Waals surface area contributed by atoms with Crippen molar-refractivity contribution < 1.29 is 5.11 Å². The zero-order chi connectivity index (χ0) is 10.4. The summed E-state index contributed by atoms with van der Waals surface area (Å²) >= 11 is 7.59. The third-order valence-electron chi connectivity index (χ3n) is 3.07. The van der Waals surface area contributed by atoms with Gasteiger partial charge in [-0.25, -0.2) is 0 Å². The molecule has 1 aliphatic rings. The van der Waals surface area contributed by atoms with Gasteiger partial charge in [-0.3, -0.25) is 0 Å². The first-order valence-electron chi connectivity index (χ1n) is 5.18. The summed E-state index contributed by atoms with van der Waals surface area (Å²) in [6.45, 7) is 0. The number of fused-ring (bicyclic) bond motifs is 3. The van der Waals surface area contributed by atoms with Gasteiger partial charge < -0.3 is 5.11 Å². The minimum absolute atomic E-state index is 0.383. The van der Waals surface area contributed by atoms with Crippen LogP contribution in [0, 0.1) is 0 Å². The second kappa shape index (κ2) is 3.39. The lowest BCUT2D eigenvalue weighted by Gasteiger charge is -2.16. The van der Waals surface area contributed by atoms with E-state index in [2.05, 4.69) is 0 Å². The summed E-state index contributed by atoms with van der Waals surface area (Å²) in [5.74, 6) is 0.383. The number of thiophene rings is 1. The Morgan fingerprint density at radius 1 is 1.20 bits per heavy atom. The Bertz CT molecular complexity index is 530. The van der Waals surface area contributed by atoms with E-state index in [9.17, 15) is 5.11 Å². The highest BCUT2D eigenvalue weighted by Gasteiger charge is 2.17. The normalized spacial score (nSPS) is 15.5. The Morgan fingerprint density at radius 2 is 2.00 bits per heavy atom. The number of hydrogen-bond donors (Lipinski definition) is 1. The third kappa shape index (κ3) is 1.44. The van der Waals surface area contributed by atoms with Crippen molar-refractivity contribution in [1.29, 1.82) is 0 Å². The largest absolute Gasteiger partial charge is 0.507 e. The molecule has 0 unspecified atom stereocenters. The minimum Gasteiger partial charge on any atom is -0.507 e. The van der Waals surface area contributed by atoms with Gasteiger partial charge in [0.2, 0.25) is 0 Å². The minimum atomic E-state index is 0.383. The molecule has 1 N–H and O–H groups in total. The fourth-order valence-electron chi connectivity index (χ4n) is 2.37. The Kier molecular flexibility index (Phi) is 2.15. The molecule has 0 saturated heterocycles. The molecule has 0 saturated carbocycles. The second-order valence-corrected chi connectivity index (χ2v) is 5.72. The Morgan fingerprint density at radius 3 is 2.87 bits per heavy atom. The van der Waals surface area contributed by atoms with Crippen LogP contribution in [-0.4, -0.2) is 5.11 Å². The van der Waals surface area contributed by atoms with Gasteiger partial charge in [0.05, 0.1) is 4.34 Å². The van der Waals surface area contributed by atoms with Crippen molar-refractivity contribution in [2.24, 2.45) is 0 Å². The molecule has 0 radical (unpaired) electrons. The van der Waals surface area contributed by atoms with Crippen molar-refractivity contribution in [1.82, 2.24) is 0 Å². The van der Waals surface area contributed by atoms with Gasteiger partial charge in [0.1, 0.15) is 5.75 Å². The van der Waals surface area contributed by atoms with Crippen LogP contribution in [-0.2, 0) is 12.8 Å². The van der Waals surface area contributed by atoms with Gasteiger partial charge in [-0.1, -0.05) is 11.6 Å². The van der Waals surface area contributed by atoms with E-state index in [1.165, 1.54) is 28.7 Å². The molecule has 1 aliphatic carbocycles. The Hall–Kier alpha value is -0.730. The summed E-state index contributed by atoms with van der Waals surface area (Å²) in [4.78, 5) is 0. The third-order valence-corrected chi connectivity index (χ3v) is 4.40. The van der Waals surface area contributed by atoms with Crippen LogP contribution in [0.25, 0.3) is 10.1 Å². The molecule has 15 heavy (non-hydrogen) atoms. The van der Waals surface area contributed by atoms with Crippen LogP contribution in [0.2, 0.25) is 4.34 Å². The van der Waals surface area contributed by atoms with Crippen molar-refractivity contribution in [2.45, 2.75) is 25.7 Å². The Balaban J connectivity index is 2.38. The second-order valence-electron chi connectivity index (χ2n) is 4.03. The monoisotopic (exact) mass is 238 g/mol. The summed E-state index contributed by atoms with van der Waals surface area (Å²) in [6.07, 6.45) is 4.71. The van der Waals surface area contributed by atoms with Gasteiger partial charge in [0.15, 0.2) is 0 Å². The lowest BCUT2D eigenvalue weighted by atomic mass is 9.90.